The van der Waals surface area contributed by atoms with Gasteiger partial charge in [0.2, 0.25) is 5.91 Å². The predicted molar refractivity (Wildman–Crippen MR) is 87.2 cm³/mol. The van der Waals surface area contributed by atoms with Gasteiger partial charge in [0.1, 0.15) is 0 Å². The highest BCUT2D eigenvalue weighted by molar-refractivity contribution is 7.98. The van der Waals surface area contributed by atoms with Crippen molar-refractivity contribution in [1.29, 1.82) is 0 Å². The highest BCUT2D eigenvalue weighted by atomic mass is 32.2. The smallest absolute Gasteiger partial charge is 0.220 e. The Hall–Kier alpha value is -1.75. The number of nitrogens with one attached hydrogen (secondary N) is 1. The van der Waals surface area contributed by atoms with Gasteiger partial charge in [-0.2, -0.15) is 11.8 Å². The zero-order valence-corrected chi connectivity index (χ0v) is 13.1. The van der Waals surface area contributed by atoms with Gasteiger partial charge in [-0.05, 0) is 18.2 Å². The van der Waals surface area contributed by atoms with Crippen LogP contribution in [0.25, 0.3) is 0 Å². The molecule has 112 valence electrons. The van der Waals surface area contributed by atoms with Crippen molar-refractivity contribution < 1.29 is 4.79 Å². The number of nitrogens with zero attached hydrogens (tertiary/aromatic N) is 2. The number of amides is 1. The molecule has 0 aliphatic rings. The monoisotopic (exact) mass is 303 g/mol. The molecular weight excluding hydrogens is 282 g/mol. The van der Waals surface area contributed by atoms with Gasteiger partial charge < -0.3 is 9.88 Å². The first-order valence-corrected chi connectivity index (χ1v) is 8.48. The van der Waals surface area contributed by atoms with Crippen LogP contribution in [-0.4, -0.2) is 27.5 Å². The molecule has 0 spiro atoms. The summed E-state index contributed by atoms with van der Waals surface area (Å²) in [6.45, 7) is 0.825. The van der Waals surface area contributed by atoms with Gasteiger partial charge in [0.15, 0.2) is 0 Å². The van der Waals surface area contributed by atoms with E-state index in [0.29, 0.717) is 6.42 Å². The molecule has 0 aliphatic carbocycles. The van der Waals surface area contributed by atoms with Gasteiger partial charge in [-0.25, -0.2) is 4.98 Å². The molecule has 0 fully saturated rings. The molecule has 1 N–H and O–H groups in total. The second-order valence-electron chi connectivity index (χ2n) is 4.89. The number of benzene rings is 1. The number of hydrogen-bond donors (Lipinski definition) is 1. The number of carbonyl (C=O) groups excluding carboxylic acids is 1. The molecule has 1 atom stereocenters. The van der Waals surface area contributed by atoms with E-state index in [1.54, 1.807) is 24.3 Å². The van der Waals surface area contributed by atoms with Crippen LogP contribution in [0.1, 0.15) is 24.4 Å². The van der Waals surface area contributed by atoms with Crippen LogP contribution in [0.15, 0.2) is 49.1 Å². The minimum atomic E-state index is 0.0851. The molecule has 1 heterocycles. The lowest BCUT2D eigenvalue weighted by atomic mass is 10.1. The molecule has 1 aromatic carbocycles. The summed E-state index contributed by atoms with van der Waals surface area (Å²) in [6.07, 6.45) is 8.86. The highest BCUT2D eigenvalue weighted by Crippen LogP contribution is 2.17. The van der Waals surface area contributed by atoms with E-state index in [4.69, 9.17) is 0 Å². The Kier molecular flexibility index (Phi) is 6.34. The van der Waals surface area contributed by atoms with Gasteiger partial charge in [0.25, 0.3) is 0 Å². The number of carbonyl (C=O) groups is 1. The molecule has 2 aromatic rings. The summed E-state index contributed by atoms with van der Waals surface area (Å²) in [4.78, 5) is 16.1. The zero-order chi connectivity index (χ0) is 14.9. The van der Waals surface area contributed by atoms with Gasteiger partial charge in [-0.15, -0.1) is 0 Å². The summed E-state index contributed by atoms with van der Waals surface area (Å²) in [7, 11) is 0. The molecule has 0 radical (unpaired) electrons. The fraction of sp³-hybridized carbons (Fsp3) is 0.375. The third-order valence-corrected chi connectivity index (χ3v) is 3.92. The maximum absolute atomic E-state index is 12.1. The van der Waals surface area contributed by atoms with Crippen molar-refractivity contribution in [2.24, 2.45) is 0 Å². The number of aromatic nitrogens is 2. The van der Waals surface area contributed by atoms with Crippen molar-refractivity contribution in [2.45, 2.75) is 25.4 Å². The average molecular weight is 303 g/mol. The van der Waals surface area contributed by atoms with E-state index < -0.39 is 0 Å². The minimum Gasteiger partial charge on any atom is -0.348 e. The van der Waals surface area contributed by atoms with E-state index >= 15 is 0 Å². The third-order valence-electron chi connectivity index (χ3n) is 3.25. The summed E-state index contributed by atoms with van der Waals surface area (Å²) in [6, 6.07) is 10.2. The van der Waals surface area contributed by atoms with Crippen LogP contribution >= 0.6 is 11.8 Å². The summed E-state index contributed by atoms with van der Waals surface area (Å²) < 4.78 is 1.99. The predicted octanol–water partition coefficient (Wildman–Crippen LogP) is 2.88. The molecule has 2 rings (SSSR count). The standard InChI is InChI=1S/C16H21N3OS/c1-21-12-15(14-6-3-2-4-7-14)18-16(20)8-5-10-19-11-9-17-13-19/h2-4,6-7,9,11,13,15H,5,8,10,12H2,1H3,(H,18,20). The van der Waals surface area contributed by atoms with Crippen molar-refractivity contribution in [3.05, 3.63) is 54.6 Å². The maximum Gasteiger partial charge on any atom is 0.220 e. The van der Waals surface area contributed by atoms with E-state index in [9.17, 15) is 4.79 Å². The quantitative estimate of drug-likeness (QED) is 0.815. The SMILES string of the molecule is CSCC(NC(=O)CCCn1ccnc1)c1ccccc1. The fourth-order valence-corrected chi connectivity index (χ4v) is 2.79. The lowest BCUT2D eigenvalue weighted by molar-refractivity contribution is -0.121. The minimum absolute atomic E-state index is 0.0851. The van der Waals surface area contributed by atoms with E-state index in [2.05, 4.69) is 28.7 Å². The summed E-state index contributed by atoms with van der Waals surface area (Å²) in [5.41, 5.74) is 1.16. The first-order chi connectivity index (χ1) is 10.3. The Morgan fingerprint density at radius 1 is 1.38 bits per heavy atom. The molecule has 21 heavy (non-hydrogen) atoms. The van der Waals surface area contributed by atoms with Crippen molar-refractivity contribution in [1.82, 2.24) is 14.9 Å². The van der Waals surface area contributed by atoms with Crippen LogP contribution in [0.5, 0.6) is 0 Å². The Balaban J connectivity index is 1.81. The Morgan fingerprint density at radius 2 is 2.19 bits per heavy atom. The number of hydrogen-bond acceptors (Lipinski definition) is 3. The maximum atomic E-state index is 12.1. The van der Waals surface area contributed by atoms with Crippen LogP contribution in [0.4, 0.5) is 0 Å². The van der Waals surface area contributed by atoms with Crippen LogP contribution in [-0.2, 0) is 11.3 Å². The topological polar surface area (TPSA) is 46.9 Å². The summed E-state index contributed by atoms with van der Waals surface area (Å²) in [5.74, 6) is 0.995. The Bertz CT molecular complexity index is 528. The highest BCUT2D eigenvalue weighted by Gasteiger charge is 2.13. The third kappa shape index (κ3) is 5.27. The second-order valence-corrected chi connectivity index (χ2v) is 5.80. The van der Waals surface area contributed by atoms with Gasteiger partial charge in [-0.3, -0.25) is 4.79 Å². The van der Waals surface area contributed by atoms with Gasteiger partial charge >= 0.3 is 0 Å². The Morgan fingerprint density at radius 3 is 2.86 bits per heavy atom. The molecule has 1 unspecified atom stereocenters. The van der Waals surface area contributed by atoms with Crippen LogP contribution in [0.3, 0.4) is 0 Å². The van der Waals surface area contributed by atoms with Crippen LogP contribution in [0.2, 0.25) is 0 Å². The van der Waals surface area contributed by atoms with E-state index in [0.717, 1.165) is 24.3 Å². The first-order valence-electron chi connectivity index (χ1n) is 7.08. The van der Waals surface area contributed by atoms with E-state index in [1.165, 1.54) is 0 Å². The normalized spacial score (nSPS) is 12.0. The molecule has 0 saturated heterocycles. The fourth-order valence-electron chi connectivity index (χ4n) is 2.18. The van der Waals surface area contributed by atoms with E-state index in [-0.39, 0.29) is 11.9 Å². The lowest BCUT2D eigenvalue weighted by Crippen LogP contribution is -2.30. The number of thioether (sulfide) groups is 1. The van der Waals surface area contributed by atoms with Crippen LogP contribution < -0.4 is 5.32 Å². The molecule has 0 saturated carbocycles. The first kappa shape index (κ1) is 15.6. The van der Waals surface area contributed by atoms with Crippen molar-refractivity contribution in [3.8, 4) is 0 Å². The second kappa shape index (κ2) is 8.52. The number of imidazole rings is 1. The molecule has 5 heteroatoms. The van der Waals surface area contributed by atoms with Gasteiger partial charge in [-0.1, -0.05) is 30.3 Å². The van der Waals surface area contributed by atoms with Crippen molar-refractivity contribution >= 4 is 17.7 Å². The largest absolute Gasteiger partial charge is 0.348 e. The van der Waals surface area contributed by atoms with Crippen molar-refractivity contribution in [2.75, 3.05) is 12.0 Å². The molecule has 0 aliphatic heterocycles. The molecular formula is C16H21N3OS. The van der Waals surface area contributed by atoms with Crippen LogP contribution in [0, 0.1) is 0 Å². The average Bonchev–Trinajstić information content (AvgIpc) is 3.01. The van der Waals surface area contributed by atoms with Gasteiger partial charge in [0.05, 0.1) is 12.4 Å². The molecule has 4 nitrogen and oxygen atoms in total. The number of aryl methyl sites for hydroxylation is 1. The zero-order valence-electron chi connectivity index (χ0n) is 12.2. The number of rotatable bonds is 8. The molecule has 0 bridgehead atoms. The van der Waals surface area contributed by atoms with E-state index in [1.807, 2.05) is 29.0 Å². The Labute approximate surface area is 130 Å². The van der Waals surface area contributed by atoms with Gasteiger partial charge in [0, 0.05) is 31.1 Å². The van der Waals surface area contributed by atoms with Crippen molar-refractivity contribution in [3.63, 3.8) is 0 Å². The lowest BCUT2D eigenvalue weighted by Gasteiger charge is -2.18. The summed E-state index contributed by atoms with van der Waals surface area (Å²) in [5, 5.41) is 3.13. The molecule has 1 amide bonds. The summed E-state index contributed by atoms with van der Waals surface area (Å²) >= 11 is 1.74. The molecule has 1 aromatic heterocycles.